The average Bonchev–Trinajstić information content (AvgIpc) is 2.34. The summed E-state index contributed by atoms with van der Waals surface area (Å²) in [7, 11) is 4.39. The van der Waals surface area contributed by atoms with Crippen molar-refractivity contribution in [2.45, 2.75) is 237 Å². The molecule has 0 saturated carbocycles. The molecule has 0 aromatic heterocycles. The number of ether oxygens (including phenoxy) is 4. The fraction of sp³-hybridized carbons (Fsp3) is 0.526. The molecule has 0 aliphatic heterocycles. The molecule has 6 rings (SSSR count). The van der Waals surface area contributed by atoms with Gasteiger partial charge in [0.2, 0.25) is 0 Å². The summed E-state index contributed by atoms with van der Waals surface area (Å²) < 4.78 is 26.7. The van der Waals surface area contributed by atoms with Crippen LogP contribution in [0.2, 0.25) is 0 Å². The largest absolute Gasteiger partial charge is 0.497 e. The highest BCUT2D eigenvalue weighted by atomic mass is 31.1. The van der Waals surface area contributed by atoms with Crippen molar-refractivity contribution in [1.29, 1.82) is 0 Å². The molecule has 0 heterocycles. The number of rotatable bonds is 11. The van der Waals surface area contributed by atoms with Crippen molar-refractivity contribution in [2.24, 2.45) is 0 Å². The minimum absolute atomic E-state index is 0.143. The molecule has 6 aromatic carbocycles. The monoisotopic (exact) mass is 1150 g/mol. The van der Waals surface area contributed by atoms with Crippen LogP contribution >= 0.6 is 15.8 Å². The van der Waals surface area contributed by atoms with Crippen molar-refractivity contribution in [3.8, 4) is 34.1 Å². The lowest BCUT2D eigenvalue weighted by Crippen LogP contribution is -2.32. The SMILES string of the molecule is COc1cc(OC)c(-c2c(OC)cc(OC)cc2P(c2cc(C(C)(C)C)c(C)c(C(C)(C)C)c2)c2cc(C(C)(C)C)c(C)c(C(C)(C)C)c2)c(P(c2cc(C(C)(C)C)c(C)c(C(C)(C)C)c2)c2cc(C(C)(C)C)c(C)c(C(C)(C)C)c2)c1. The van der Waals surface area contributed by atoms with Gasteiger partial charge in [-0.25, -0.2) is 0 Å². The molecule has 0 atom stereocenters. The van der Waals surface area contributed by atoms with Gasteiger partial charge in [0.15, 0.2) is 0 Å². The summed E-state index contributed by atoms with van der Waals surface area (Å²) in [5.41, 5.74) is 17.1. The lowest BCUT2D eigenvalue weighted by Gasteiger charge is -2.36. The smallest absolute Gasteiger partial charge is 0.131 e. The van der Waals surface area contributed by atoms with E-state index in [0.29, 0.717) is 0 Å². The Bertz CT molecular complexity index is 2820. The zero-order valence-corrected chi connectivity index (χ0v) is 59.2. The number of hydrogen-bond donors (Lipinski definition) is 0. The first-order valence-corrected chi connectivity index (χ1v) is 32.7. The molecule has 0 radical (unpaired) electrons. The van der Waals surface area contributed by atoms with Gasteiger partial charge in [-0.2, -0.15) is 0 Å². The maximum absolute atomic E-state index is 6.89. The highest BCUT2D eigenvalue weighted by Crippen LogP contribution is 2.52. The molecule has 0 unspecified atom stereocenters. The molecule has 6 aromatic rings. The molecule has 0 aliphatic carbocycles. The first kappa shape index (κ1) is 66.5. The zero-order chi connectivity index (χ0) is 62.3. The summed E-state index contributed by atoms with van der Waals surface area (Å²) in [4.78, 5) is 0. The van der Waals surface area contributed by atoms with Crippen LogP contribution in [-0.4, -0.2) is 28.4 Å². The van der Waals surface area contributed by atoms with E-state index >= 15 is 0 Å². The lowest BCUT2D eigenvalue weighted by atomic mass is 9.77. The van der Waals surface area contributed by atoms with Gasteiger partial charge in [0, 0.05) is 33.9 Å². The molecule has 0 aliphatic rings. The summed E-state index contributed by atoms with van der Waals surface area (Å²) in [6.07, 6.45) is 0. The van der Waals surface area contributed by atoms with E-state index in [4.69, 9.17) is 18.9 Å². The van der Waals surface area contributed by atoms with E-state index in [1.807, 2.05) is 14.2 Å². The van der Waals surface area contributed by atoms with Gasteiger partial charge < -0.3 is 18.9 Å². The standard InChI is InChI=1S/C76H108O4P2/c1-45-55(69(5,6)7)37-51(38-56(45)70(8,9)10)81(52-39-57(71(11,12)13)46(2)58(40-52)72(14,15)16)65-35-49(77-29)33-63(79-31)67(65)68-64(80-32)34-50(78-30)36-66(68)82(53-41-59(73(17,18)19)47(3)60(42-53)74(20,21)22)54-43-61(75(23,24)25)48(4)62(44-54)76(26,27)28/h33-44H,1-32H3. The zero-order valence-electron chi connectivity index (χ0n) is 57.5. The molecule has 6 heteroatoms. The molecule has 4 nitrogen and oxygen atoms in total. The second-order valence-corrected chi connectivity index (χ2v) is 36.2. The maximum atomic E-state index is 6.89. The molecule has 0 fully saturated rings. The molecular weight excluding hydrogens is 1040 g/mol. The van der Waals surface area contributed by atoms with Crippen LogP contribution in [0.4, 0.5) is 0 Å². The van der Waals surface area contributed by atoms with Gasteiger partial charge in [0.1, 0.15) is 23.0 Å². The van der Waals surface area contributed by atoms with Crippen LogP contribution in [0.5, 0.6) is 23.0 Å². The minimum Gasteiger partial charge on any atom is -0.497 e. The number of methoxy groups -OCH3 is 4. The molecule has 82 heavy (non-hydrogen) atoms. The minimum atomic E-state index is -1.41. The van der Waals surface area contributed by atoms with E-state index in [9.17, 15) is 0 Å². The second kappa shape index (κ2) is 23.0. The van der Waals surface area contributed by atoms with Gasteiger partial charge in [0.25, 0.3) is 0 Å². The second-order valence-electron chi connectivity index (χ2n) is 31.8. The van der Waals surface area contributed by atoms with Crippen molar-refractivity contribution in [3.63, 3.8) is 0 Å². The lowest BCUT2D eigenvalue weighted by molar-refractivity contribution is 0.392. The first-order chi connectivity index (χ1) is 37.2. The summed E-state index contributed by atoms with van der Waals surface area (Å²) in [6, 6.07) is 29.3. The van der Waals surface area contributed by atoms with Crippen LogP contribution in [0.1, 0.15) is 233 Å². The van der Waals surface area contributed by atoms with Crippen molar-refractivity contribution in [2.75, 3.05) is 28.4 Å². The highest BCUT2D eigenvalue weighted by molar-refractivity contribution is 7.81. The van der Waals surface area contributed by atoms with Gasteiger partial charge in [-0.1, -0.05) is 166 Å². The number of benzene rings is 6. The Morgan fingerprint density at radius 2 is 0.415 bits per heavy atom. The van der Waals surface area contributed by atoms with Crippen LogP contribution in [0.15, 0.2) is 72.8 Å². The fourth-order valence-electron chi connectivity index (χ4n) is 13.0. The third-order valence-corrected chi connectivity index (χ3v) is 21.6. The van der Waals surface area contributed by atoms with Crippen LogP contribution in [-0.2, 0) is 43.3 Å². The van der Waals surface area contributed by atoms with Crippen molar-refractivity contribution < 1.29 is 18.9 Å². The molecule has 0 spiro atoms. The van der Waals surface area contributed by atoms with Crippen LogP contribution in [0, 0.1) is 27.7 Å². The summed E-state index contributed by atoms with van der Waals surface area (Å²) in [5.74, 6) is 2.93. The van der Waals surface area contributed by atoms with Gasteiger partial charge in [-0.3, -0.25) is 0 Å². The van der Waals surface area contributed by atoms with Crippen molar-refractivity contribution in [1.82, 2.24) is 0 Å². The molecular formula is C76H108O4P2. The van der Waals surface area contributed by atoms with Gasteiger partial charge in [-0.15, -0.1) is 0 Å². The van der Waals surface area contributed by atoms with Crippen LogP contribution in [0.25, 0.3) is 11.1 Å². The molecule has 0 N–H and O–H groups in total. The molecule has 446 valence electrons. The highest BCUT2D eigenvalue weighted by Gasteiger charge is 2.38. The van der Waals surface area contributed by atoms with Crippen LogP contribution < -0.4 is 50.8 Å². The molecule has 0 amide bonds. The Balaban J connectivity index is 2.06. The van der Waals surface area contributed by atoms with Gasteiger partial charge >= 0.3 is 0 Å². The van der Waals surface area contributed by atoms with E-state index in [0.717, 1.165) is 44.7 Å². The molecule has 0 saturated heterocycles. The van der Waals surface area contributed by atoms with E-state index in [1.54, 1.807) is 14.2 Å². The van der Waals surface area contributed by atoms with Crippen molar-refractivity contribution in [3.05, 3.63) is 140 Å². The maximum Gasteiger partial charge on any atom is 0.131 e. The van der Waals surface area contributed by atoms with Crippen molar-refractivity contribution >= 4 is 47.7 Å². The topological polar surface area (TPSA) is 36.9 Å². The average molecular weight is 1150 g/mol. The summed E-state index contributed by atoms with van der Waals surface area (Å²) in [5, 5.41) is 7.44. The Morgan fingerprint density at radius 1 is 0.244 bits per heavy atom. The van der Waals surface area contributed by atoms with E-state index in [-0.39, 0.29) is 43.3 Å². The first-order valence-electron chi connectivity index (χ1n) is 30.0. The number of hydrogen-bond acceptors (Lipinski definition) is 4. The van der Waals surface area contributed by atoms with E-state index in [1.165, 1.54) is 88.0 Å². The fourth-order valence-corrected chi connectivity index (χ4v) is 18.1. The third kappa shape index (κ3) is 13.6. The van der Waals surface area contributed by atoms with E-state index in [2.05, 4.69) is 267 Å². The van der Waals surface area contributed by atoms with E-state index < -0.39 is 15.8 Å². The quantitative estimate of drug-likeness (QED) is 0.121. The Kier molecular flexibility index (Phi) is 18.7. The third-order valence-electron chi connectivity index (χ3n) is 16.8. The Morgan fingerprint density at radius 3 is 0.549 bits per heavy atom. The van der Waals surface area contributed by atoms with Gasteiger partial charge in [-0.05, 0) is 236 Å². The normalized spacial score (nSPS) is 13.3. The predicted octanol–water partition coefficient (Wildman–Crippen LogP) is 18.5. The summed E-state index contributed by atoms with van der Waals surface area (Å²) >= 11 is 0. The molecule has 0 bridgehead atoms. The Labute approximate surface area is 503 Å². The van der Waals surface area contributed by atoms with Gasteiger partial charge in [0.05, 0.1) is 28.4 Å². The Hall–Kier alpha value is -4.62. The van der Waals surface area contributed by atoms with Crippen LogP contribution in [0.3, 0.4) is 0 Å². The predicted molar refractivity (Wildman–Crippen MR) is 364 cm³/mol. The summed E-state index contributed by atoms with van der Waals surface area (Å²) in [6.45, 7) is 66.2.